The third-order valence-corrected chi connectivity index (χ3v) is 2.43. The number of amides is 1. The molecule has 0 saturated carbocycles. The minimum atomic E-state index is -0.554. The van der Waals surface area contributed by atoms with Crippen LogP contribution in [-0.2, 0) is 14.3 Å². The molecule has 0 spiro atoms. The van der Waals surface area contributed by atoms with E-state index >= 15 is 0 Å². The third kappa shape index (κ3) is 9.52. The van der Waals surface area contributed by atoms with Crippen LogP contribution in [0, 0.1) is 0 Å². The molecule has 0 atom stereocenters. The van der Waals surface area contributed by atoms with Crippen molar-refractivity contribution in [1.29, 1.82) is 0 Å². The molecule has 0 fully saturated rings. The quantitative estimate of drug-likeness (QED) is 0.234. The Morgan fingerprint density at radius 1 is 1.25 bits per heavy atom. The number of anilines is 2. The number of carbonyl (C=O) groups excluding carboxylic acids is 1. The van der Waals surface area contributed by atoms with Crippen LogP contribution in [0.25, 0.3) is 10.4 Å². The van der Waals surface area contributed by atoms with Crippen molar-refractivity contribution in [1.82, 2.24) is 0 Å². The van der Waals surface area contributed by atoms with Gasteiger partial charge >= 0.3 is 6.09 Å². The van der Waals surface area contributed by atoms with Gasteiger partial charge in [0.05, 0.1) is 25.5 Å². The van der Waals surface area contributed by atoms with Crippen LogP contribution in [0.1, 0.15) is 20.8 Å². The van der Waals surface area contributed by atoms with Gasteiger partial charge in [0.1, 0.15) is 5.60 Å². The van der Waals surface area contributed by atoms with Crippen molar-refractivity contribution in [3.8, 4) is 0 Å². The van der Waals surface area contributed by atoms with Gasteiger partial charge in [0, 0.05) is 17.1 Å². The van der Waals surface area contributed by atoms with Crippen LogP contribution in [0.15, 0.2) is 29.4 Å². The molecular weight excluding hydrogens is 314 g/mol. The maximum atomic E-state index is 11.7. The summed E-state index contributed by atoms with van der Waals surface area (Å²) < 4.78 is 10.4. The first kappa shape index (κ1) is 19.6. The van der Waals surface area contributed by atoms with Crippen molar-refractivity contribution in [2.24, 2.45) is 5.11 Å². The number of nitrogens with zero attached hydrogens (tertiary/aromatic N) is 3. The van der Waals surface area contributed by atoms with Crippen molar-refractivity contribution < 1.29 is 19.1 Å². The van der Waals surface area contributed by atoms with E-state index < -0.39 is 11.7 Å². The second-order valence-electron chi connectivity index (χ2n) is 5.73. The number of hydrogen-bond donors (Lipinski definition) is 2. The Balaban J connectivity index is 2.30. The van der Waals surface area contributed by atoms with Gasteiger partial charge in [-0.25, -0.2) is 4.79 Å². The Labute approximate surface area is 140 Å². The summed E-state index contributed by atoms with van der Waals surface area (Å²) in [5, 5.41) is 5.99. The highest BCUT2D eigenvalue weighted by Gasteiger charge is 2.16. The van der Waals surface area contributed by atoms with E-state index in [0.29, 0.717) is 37.7 Å². The summed E-state index contributed by atoms with van der Waals surface area (Å²) in [5.41, 5.74) is 11.6. The second kappa shape index (κ2) is 10.3. The zero-order valence-electron chi connectivity index (χ0n) is 14.1. The lowest BCUT2D eigenvalue weighted by Crippen LogP contribution is -2.27. The van der Waals surface area contributed by atoms with Gasteiger partial charge in [-0.3, -0.25) is 15.6 Å². The Bertz CT molecular complexity index is 567. The van der Waals surface area contributed by atoms with E-state index in [4.69, 9.17) is 19.8 Å². The van der Waals surface area contributed by atoms with Crippen molar-refractivity contribution >= 4 is 17.5 Å². The maximum absolute atomic E-state index is 11.7. The molecule has 1 aromatic carbocycles. The van der Waals surface area contributed by atoms with Crippen molar-refractivity contribution in [3.05, 3.63) is 34.7 Å². The summed E-state index contributed by atoms with van der Waals surface area (Å²) in [4.78, 5) is 19.6. The van der Waals surface area contributed by atoms with Crippen molar-refractivity contribution in [2.45, 2.75) is 26.4 Å². The molecule has 0 saturated heterocycles. The van der Waals surface area contributed by atoms with E-state index in [0.717, 1.165) is 0 Å². The predicted octanol–water partition coefficient (Wildman–Crippen LogP) is 3.70. The van der Waals surface area contributed by atoms with Gasteiger partial charge in [-0.2, -0.15) is 0 Å². The third-order valence-electron chi connectivity index (χ3n) is 2.43. The molecule has 1 rings (SSSR count). The van der Waals surface area contributed by atoms with E-state index in [9.17, 15) is 4.79 Å². The standard InChI is InChI=1S/C15H23N5O4/c1-15(2,3)24-14(21)18-12-5-4-6-13(11-12)19-23-10-9-22-8-7-17-20-16/h4-6,11,19H,7-10H2,1-3H3,(H,18,21). The van der Waals surface area contributed by atoms with E-state index in [1.807, 2.05) is 0 Å². The molecule has 2 N–H and O–H groups in total. The van der Waals surface area contributed by atoms with Crippen molar-refractivity contribution in [3.63, 3.8) is 0 Å². The monoisotopic (exact) mass is 337 g/mol. The molecule has 9 heteroatoms. The molecule has 0 unspecified atom stereocenters. The smallest absolute Gasteiger partial charge is 0.412 e. The molecule has 0 aliphatic heterocycles. The zero-order valence-corrected chi connectivity index (χ0v) is 14.1. The largest absolute Gasteiger partial charge is 0.444 e. The van der Waals surface area contributed by atoms with Gasteiger partial charge in [-0.1, -0.05) is 11.2 Å². The first-order valence-electron chi connectivity index (χ1n) is 7.47. The van der Waals surface area contributed by atoms with Gasteiger partial charge in [-0.15, -0.1) is 0 Å². The van der Waals surface area contributed by atoms with Crippen LogP contribution >= 0.6 is 0 Å². The lowest BCUT2D eigenvalue weighted by Gasteiger charge is -2.19. The van der Waals surface area contributed by atoms with Gasteiger partial charge in [0.2, 0.25) is 0 Å². The number of carbonyl (C=O) groups is 1. The predicted molar refractivity (Wildman–Crippen MR) is 90.7 cm³/mol. The molecule has 132 valence electrons. The van der Waals surface area contributed by atoms with E-state index in [1.54, 1.807) is 45.0 Å². The normalized spacial score (nSPS) is 10.6. The van der Waals surface area contributed by atoms with Crippen LogP contribution in [0.3, 0.4) is 0 Å². The number of benzene rings is 1. The highest BCUT2D eigenvalue weighted by Crippen LogP contribution is 2.16. The van der Waals surface area contributed by atoms with Crippen LogP contribution in [0.4, 0.5) is 16.2 Å². The lowest BCUT2D eigenvalue weighted by atomic mass is 10.2. The summed E-state index contributed by atoms with van der Waals surface area (Å²) in [6, 6.07) is 7.03. The lowest BCUT2D eigenvalue weighted by molar-refractivity contribution is 0.0636. The minimum Gasteiger partial charge on any atom is -0.444 e. The number of azide groups is 1. The van der Waals surface area contributed by atoms with Crippen LogP contribution < -0.4 is 10.8 Å². The van der Waals surface area contributed by atoms with Crippen molar-refractivity contribution in [2.75, 3.05) is 37.2 Å². The fourth-order valence-electron chi connectivity index (χ4n) is 1.57. The molecule has 0 aliphatic carbocycles. The second-order valence-corrected chi connectivity index (χ2v) is 5.73. The fourth-order valence-corrected chi connectivity index (χ4v) is 1.57. The molecule has 1 amide bonds. The Morgan fingerprint density at radius 2 is 2.00 bits per heavy atom. The minimum absolute atomic E-state index is 0.294. The molecule has 0 bridgehead atoms. The Hall–Kier alpha value is -2.48. The molecule has 0 radical (unpaired) electrons. The maximum Gasteiger partial charge on any atom is 0.412 e. The van der Waals surface area contributed by atoms with Crippen LogP contribution in [0.2, 0.25) is 0 Å². The fraction of sp³-hybridized carbons (Fsp3) is 0.533. The Kier molecular flexibility index (Phi) is 8.42. The van der Waals surface area contributed by atoms with Crippen LogP contribution in [-0.4, -0.2) is 38.1 Å². The summed E-state index contributed by atoms with van der Waals surface area (Å²) in [6.45, 7) is 6.72. The number of hydrogen-bond acceptors (Lipinski definition) is 6. The molecule has 1 aromatic rings. The van der Waals surface area contributed by atoms with E-state index in [1.165, 1.54) is 0 Å². The highest BCUT2D eigenvalue weighted by atomic mass is 16.7. The molecule has 24 heavy (non-hydrogen) atoms. The zero-order chi connectivity index (χ0) is 17.8. The average molecular weight is 337 g/mol. The summed E-state index contributed by atoms with van der Waals surface area (Å²) in [6.07, 6.45) is -0.519. The number of nitrogens with one attached hydrogen (secondary N) is 2. The molecular formula is C15H23N5O4. The van der Waals surface area contributed by atoms with Gasteiger partial charge in [0.15, 0.2) is 0 Å². The first-order chi connectivity index (χ1) is 11.4. The number of rotatable bonds is 9. The average Bonchev–Trinajstić information content (AvgIpc) is 2.48. The first-order valence-corrected chi connectivity index (χ1v) is 7.47. The summed E-state index contributed by atoms with van der Waals surface area (Å²) in [7, 11) is 0. The number of ether oxygens (including phenoxy) is 2. The molecule has 9 nitrogen and oxygen atoms in total. The van der Waals surface area contributed by atoms with Crippen LogP contribution in [0.5, 0.6) is 0 Å². The molecule has 0 aromatic heterocycles. The molecule has 0 aliphatic rings. The van der Waals surface area contributed by atoms with Gasteiger partial charge in [0.25, 0.3) is 0 Å². The van der Waals surface area contributed by atoms with Gasteiger partial charge < -0.3 is 9.47 Å². The summed E-state index contributed by atoms with van der Waals surface area (Å²) >= 11 is 0. The summed E-state index contributed by atoms with van der Waals surface area (Å²) in [5.74, 6) is 0. The van der Waals surface area contributed by atoms with Gasteiger partial charge in [-0.05, 0) is 44.5 Å². The SMILES string of the molecule is CC(C)(C)OC(=O)Nc1cccc(NOCCOCCN=[N+]=[N-])c1. The Morgan fingerprint density at radius 3 is 2.71 bits per heavy atom. The van der Waals surface area contributed by atoms with E-state index in [-0.39, 0.29) is 0 Å². The highest BCUT2D eigenvalue weighted by molar-refractivity contribution is 5.85. The molecule has 0 heterocycles. The topological polar surface area (TPSA) is 118 Å². The van der Waals surface area contributed by atoms with E-state index in [2.05, 4.69) is 20.8 Å².